The van der Waals surface area contributed by atoms with E-state index in [0.717, 1.165) is 0 Å². The predicted molar refractivity (Wildman–Crippen MR) is 90.8 cm³/mol. The molecule has 126 valence electrons. The van der Waals surface area contributed by atoms with Gasteiger partial charge in [0.05, 0.1) is 0 Å². The molecule has 0 heterocycles. The number of amides is 3. The molecule has 0 atom stereocenters. The Morgan fingerprint density at radius 3 is 2.21 bits per heavy atom. The molecule has 0 fully saturated rings. The van der Waals surface area contributed by atoms with Gasteiger partial charge in [0.25, 0.3) is 11.7 Å². The van der Waals surface area contributed by atoms with Crippen LogP contribution >= 0.6 is 11.8 Å². The van der Waals surface area contributed by atoms with E-state index < -0.39 is 5.76 Å². The minimum Gasteiger partial charge on any atom is -0.341 e. The second kappa shape index (κ2) is 8.30. The van der Waals surface area contributed by atoms with Crippen molar-refractivity contribution in [2.45, 2.75) is 10.7 Å². The van der Waals surface area contributed by atoms with Gasteiger partial charge in [-0.1, -0.05) is 17.8 Å². The van der Waals surface area contributed by atoms with Crippen LogP contribution in [0.15, 0.2) is 53.4 Å². The number of alkyl halides is 2. The maximum atomic E-state index is 12.3. The number of carbonyl (C=O) groups excluding carboxylic acids is 2. The van der Waals surface area contributed by atoms with Crippen molar-refractivity contribution in [3.8, 4) is 0 Å². The average molecular weight is 351 g/mol. The molecule has 0 radical (unpaired) electrons. The zero-order valence-corrected chi connectivity index (χ0v) is 13.5. The van der Waals surface area contributed by atoms with Gasteiger partial charge in [-0.25, -0.2) is 4.79 Å². The SMILES string of the molecule is CNC(=O)Nc1cccc(NC(=O)c2ccc(SC(F)F)cc2)c1. The van der Waals surface area contributed by atoms with Crippen LogP contribution in [0, 0.1) is 0 Å². The van der Waals surface area contributed by atoms with Crippen LogP contribution in [0.5, 0.6) is 0 Å². The number of anilines is 2. The van der Waals surface area contributed by atoms with E-state index in [9.17, 15) is 18.4 Å². The third kappa shape index (κ3) is 5.24. The van der Waals surface area contributed by atoms with Crippen LogP contribution in [0.2, 0.25) is 0 Å². The van der Waals surface area contributed by atoms with Crippen molar-refractivity contribution in [1.29, 1.82) is 0 Å². The number of hydrogen-bond donors (Lipinski definition) is 3. The molecule has 8 heteroatoms. The molecule has 24 heavy (non-hydrogen) atoms. The van der Waals surface area contributed by atoms with Crippen LogP contribution in [0.1, 0.15) is 10.4 Å². The van der Waals surface area contributed by atoms with Crippen molar-refractivity contribution in [1.82, 2.24) is 5.32 Å². The number of rotatable bonds is 5. The average Bonchev–Trinajstić information content (AvgIpc) is 2.55. The Kier molecular flexibility index (Phi) is 6.14. The number of hydrogen-bond acceptors (Lipinski definition) is 3. The van der Waals surface area contributed by atoms with Crippen LogP contribution in [0.3, 0.4) is 0 Å². The highest BCUT2D eigenvalue weighted by Gasteiger charge is 2.09. The summed E-state index contributed by atoms with van der Waals surface area (Å²) in [6.45, 7) is 0. The third-order valence-electron chi connectivity index (χ3n) is 2.95. The predicted octanol–water partition coefficient (Wildman–Crippen LogP) is 4.00. The van der Waals surface area contributed by atoms with Crippen LogP contribution in [-0.4, -0.2) is 24.7 Å². The topological polar surface area (TPSA) is 70.2 Å². The van der Waals surface area contributed by atoms with E-state index >= 15 is 0 Å². The Morgan fingerprint density at radius 2 is 1.62 bits per heavy atom. The van der Waals surface area contributed by atoms with Crippen molar-refractivity contribution < 1.29 is 18.4 Å². The molecule has 3 amide bonds. The molecule has 2 rings (SSSR count). The molecule has 0 aliphatic heterocycles. The van der Waals surface area contributed by atoms with E-state index in [4.69, 9.17) is 0 Å². The largest absolute Gasteiger partial charge is 0.341 e. The summed E-state index contributed by atoms with van der Waals surface area (Å²) in [4.78, 5) is 23.8. The molecule has 0 spiro atoms. The first kappa shape index (κ1) is 17.7. The highest BCUT2D eigenvalue weighted by Crippen LogP contribution is 2.25. The number of nitrogens with one attached hydrogen (secondary N) is 3. The minimum atomic E-state index is -2.50. The molecular weight excluding hydrogens is 336 g/mol. The van der Waals surface area contributed by atoms with Gasteiger partial charge in [0.2, 0.25) is 0 Å². The van der Waals surface area contributed by atoms with Crippen molar-refractivity contribution in [3.05, 3.63) is 54.1 Å². The summed E-state index contributed by atoms with van der Waals surface area (Å²) in [7, 11) is 1.50. The summed E-state index contributed by atoms with van der Waals surface area (Å²) >= 11 is 0.421. The zero-order chi connectivity index (χ0) is 17.5. The molecule has 0 aliphatic rings. The molecule has 0 unspecified atom stereocenters. The van der Waals surface area contributed by atoms with E-state index in [0.29, 0.717) is 33.6 Å². The van der Waals surface area contributed by atoms with Gasteiger partial charge in [-0.15, -0.1) is 0 Å². The normalized spacial score (nSPS) is 10.3. The fourth-order valence-corrected chi connectivity index (χ4v) is 2.36. The molecule has 3 N–H and O–H groups in total. The lowest BCUT2D eigenvalue weighted by molar-refractivity contribution is 0.102. The lowest BCUT2D eigenvalue weighted by Gasteiger charge is -2.09. The number of carbonyl (C=O) groups is 2. The number of urea groups is 1. The molecule has 2 aromatic carbocycles. The summed E-state index contributed by atoms with van der Waals surface area (Å²) in [6.07, 6.45) is 0. The molecule has 0 saturated heterocycles. The van der Waals surface area contributed by atoms with Crippen molar-refractivity contribution in [2.24, 2.45) is 0 Å². The van der Waals surface area contributed by atoms with Gasteiger partial charge < -0.3 is 16.0 Å². The summed E-state index contributed by atoms with van der Waals surface area (Å²) in [6, 6.07) is 12.2. The smallest absolute Gasteiger partial charge is 0.318 e. The fraction of sp³-hybridized carbons (Fsp3) is 0.125. The Morgan fingerprint density at radius 1 is 1.00 bits per heavy atom. The summed E-state index contributed by atoms with van der Waals surface area (Å²) < 4.78 is 24.5. The Bertz CT molecular complexity index is 724. The second-order valence-electron chi connectivity index (χ2n) is 4.64. The summed E-state index contributed by atoms with van der Waals surface area (Å²) in [5.74, 6) is -2.87. The Balaban J connectivity index is 2.03. The number of halogens is 2. The standard InChI is InChI=1S/C16H15F2N3O2S/c1-19-16(23)21-12-4-2-3-11(9-12)20-14(22)10-5-7-13(8-6-10)24-15(17)18/h2-9,15H,1H3,(H,20,22)(H2,19,21,23). The highest BCUT2D eigenvalue weighted by molar-refractivity contribution is 7.99. The van der Waals surface area contributed by atoms with Crippen molar-refractivity contribution >= 4 is 35.1 Å². The summed E-state index contributed by atoms with van der Waals surface area (Å²) in [5, 5.41) is 7.71. The molecule has 5 nitrogen and oxygen atoms in total. The van der Waals surface area contributed by atoms with E-state index in [1.54, 1.807) is 24.3 Å². The van der Waals surface area contributed by atoms with Crippen LogP contribution in [0.4, 0.5) is 25.0 Å². The first-order valence-corrected chi connectivity index (χ1v) is 7.81. The monoisotopic (exact) mass is 351 g/mol. The van der Waals surface area contributed by atoms with Gasteiger partial charge in [0, 0.05) is 28.9 Å². The number of thioether (sulfide) groups is 1. The van der Waals surface area contributed by atoms with Crippen molar-refractivity contribution in [3.63, 3.8) is 0 Å². The first-order valence-electron chi connectivity index (χ1n) is 6.93. The Hall–Kier alpha value is -2.61. The fourth-order valence-electron chi connectivity index (χ4n) is 1.86. The van der Waals surface area contributed by atoms with E-state index in [1.165, 1.54) is 31.3 Å². The lowest BCUT2D eigenvalue weighted by Crippen LogP contribution is -2.24. The van der Waals surface area contributed by atoms with Gasteiger partial charge in [0.1, 0.15) is 0 Å². The molecule has 0 bridgehead atoms. The molecular formula is C16H15F2N3O2S. The first-order chi connectivity index (χ1) is 11.5. The Labute approximate surface area is 141 Å². The maximum Gasteiger partial charge on any atom is 0.318 e. The van der Waals surface area contributed by atoms with Gasteiger partial charge in [-0.2, -0.15) is 8.78 Å². The number of benzene rings is 2. The van der Waals surface area contributed by atoms with Gasteiger partial charge in [-0.05, 0) is 42.5 Å². The van der Waals surface area contributed by atoms with E-state index in [1.807, 2.05) is 0 Å². The molecule has 0 aliphatic carbocycles. The molecule has 0 aromatic heterocycles. The summed E-state index contributed by atoms with van der Waals surface area (Å²) in [5.41, 5.74) is 1.37. The zero-order valence-electron chi connectivity index (χ0n) is 12.7. The van der Waals surface area contributed by atoms with Crippen molar-refractivity contribution in [2.75, 3.05) is 17.7 Å². The highest BCUT2D eigenvalue weighted by atomic mass is 32.2. The van der Waals surface area contributed by atoms with E-state index in [-0.39, 0.29) is 11.9 Å². The van der Waals surface area contributed by atoms with Crippen LogP contribution in [0.25, 0.3) is 0 Å². The van der Waals surface area contributed by atoms with Gasteiger partial charge >= 0.3 is 6.03 Å². The second-order valence-corrected chi connectivity index (χ2v) is 5.71. The molecule has 0 saturated carbocycles. The minimum absolute atomic E-state index is 0.346. The van der Waals surface area contributed by atoms with Crippen LogP contribution in [-0.2, 0) is 0 Å². The van der Waals surface area contributed by atoms with Gasteiger partial charge in [0.15, 0.2) is 0 Å². The molecule has 2 aromatic rings. The third-order valence-corrected chi connectivity index (χ3v) is 3.67. The lowest BCUT2D eigenvalue weighted by atomic mass is 10.2. The maximum absolute atomic E-state index is 12.3. The quantitative estimate of drug-likeness (QED) is 0.713. The van der Waals surface area contributed by atoms with Crippen LogP contribution < -0.4 is 16.0 Å². The van der Waals surface area contributed by atoms with Gasteiger partial charge in [-0.3, -0.25) is 4.79 Å². The van der Waals surface area contributed by atoms with E-state index in [2.05, 4.69) is 16.0 Å².